The Morgan fingerprint density at radius 2 is 2.03 bits per heavy atom. The minimum Gasteiger partial charge on any atom is -0.493 e. The van der Waals surface area contributed by atoms with Gasteiger partial charge in [0, 0.05) is 59.5 Å². The van der Waals surface area contributed by atoms with Crippen LogP contribution in [0.4, 0.5) is 10.3 Å². The Labute approximate surface area is 176 Å². The van der Waals surface area contributed by atoms with Gasteiger partial charge in [0.15, 0.2) is 5.65 Å². The number of hydrogen-bond acceptors (Lipinski definition) is 6. The third-order valence-electron chi connectivity index (χ3n) is 5.71. The van der Waals surface area contributed by atoms with Crippen LogP contribution in [0.5, 0.6) is 5.75 Å². The van der Waals surface area contributed by atoms with Crippen LogP contribution < -0.4 is 10.1 Å². The van der Waals surface area contributed by atoms with Crippen LogP contribution >= 0.6 is 0 Å². The van der Waals surface area contributed by atoms with Gasteiger partial charge in [0.25, 0.3) is 0 Å². The molecule has 5 heterocycles. The summed E-state index contributed by atoms with van der Waals surface area (Å²) in [5, 5.41) is 11.6. The molecule has 31 heavy (non-hydrogen) atoms. The monoisotopic (exact) mass is 415 g/mol. The van der Waals surface area contributed by atoms with Crippen LogP contribution in [0.15, 0.2) is 49.2 Å². The van der Waals surface area contributed by atoms with Crippen molar-refractivity contribution in [1.82, 2.24) is 29.0 Å². The zero-order valence-corrected chi connectivity index (χ0v) is 16.7. The number of ether oxygens (including phenoxy) is 1. The smallest absolute Gasteiger partial charge is 0.210 e. The van der Waals surface area contributed by atoms with E-state index < -0.39 is 0 Å². The summed E-state index contributed by atoms with van der Waals surface area (Å²) in [6, 6.07) is 7.09. The van der Waals surface area contributed by atoms with Gasteiger partial charge in [-0.25, -0.2) is 14.4 Å². The standard InChI is InChI=1S/C22H18FN7O/c1-13-9-24-20-15(3-2-7-29(13)20)17-11-26-22(30-12-27-28-21(17)30)25-10-16-14-6-8-31-19(14)5-4-18(16)23/h2-5,7,9,11-12H,6,8,10H2,1H3,(H,25,26). The van der Waals surface area contributed by atoms with Crippen molar-refractivity contribution in [3.05, 3.63) is 71.8 Å². The van der Waals surface area contributed by atoms with E-state index in [2.05, 4.69) is 25.5 Å². The third-order valence-corrected chi connectivity index (χ3v) is 5.71. The maximum absolute atomic E-state index is 14.5. The lowest BCUT2D eigenvalue weighted by Gasteiger charge is -2.13. The Morgan fingerprint density at radius 1 is 1.10 bits per heavy atom. The van der Waals surface area contributed by atoms with Crippen LogP contribution in [0.25, 0.3) is 22.4 Å². The highest BCUT2D eigenvalue weighted by molar-refractivity contribution is 5.86. The number of anilines is 1. The number of aryl methyl sites for hydroxylation is 1. The maximum Gasteiger partial charge on any atom is 0.210 e. The van der Waals surface area contributed by atoms with Crippen LogP contribution in [0.2, 0.25) is 0 Å². The number of aromatic nitrogens is 6. The lowest BCUT2D eigenvalue weighted by molar-refractivity contribution is 0.356. The van der Waals surface area contributed by atoms with Gasteiger partial charge in [-0.1, -0.05) is 0 Å². The molecule has 0 radical (unpaired) electrons. The van der Waals surface area contributed by atoms with E-state index in [1.165, 1.54) is 6.07 Å². The highest BCUT2D eigenvalue weighted by atomic mass is 19.1. The molecule has 1 aliphatic heterocycles. The van der Waals surface area contributed by atoms with Crippen LogP contribution in [0.3, 0.4) is 0 Å². The molecular weight excluding hydrogens is 397 g/mol. The molecule has 0 fully saturated rings. The van der Waals surface area contributed by atoms with Crippen LogP contribution in [0.1, 0.15) is 16.8 Å². The van der Waals surface area contributed by atoms with E-state index in [1.807, 2.05) is 35.9 Å². The SMILES string of the molecule is Cc1cnc2c(-c3cnc(NCc4c(F)ccc5c4CCO5)n4cnnc34)cccn12. The minimum atomic E-state index is -0.255. The molecule has 0 saturated carbocycles. The Morgan fingerprint density at radius 3 is 2.97 bits per heavy atom. The molecule has 1 aliphatic rings. The molecular formula is C22H18FN7O. The molecule has 154 valence electrons. The highest BCUT2D eigenvalue weighted by Gasteiger charge is 2.20. The molecule has 0 spiro atoms. The van der Waals surface area contributed by atoms with Crippen molar-refractivity contribution in [1.29, 1.82) is 0 Å². The van der Waals surface area contributed by atoms with Gasteiger partial charge < -0.3 is 14.5 Å². The van der Waals surface area contributed by atoms with Gasteiger partial charge in [0.05, 0.1) is 6.61 Å². The van der Waals surface area contributed by atoms with Gasteiger partial charge in [0.1, 0.15) is 23.5 Å². The first-order chi connectivity index (χ1) is 15.2. The quantitative estimate of drug-likeness (QED) is 0.484. The summed E-state index contributed by atoms with van der Waals surface area (Å²) in [5.41, 5.74) is 5.76. The second-order valence-corrected chi connectivity index (χ2v) is 7.49. The molecule has 8 nitrogen and oxygen atoms in total. The molecule has 0 bridgehead atoms. The van der Waals surface area contributed by atoms with E-state index in [1.54, 1.807) is 23.0 Å². The average Bonchev–Trinajstić information content (AvgIpc) is 3.53. The zero-order chi connectivity index (χ0) is 20.9. The lowest BCUT2D eigenvalue weighted by Crippen LogP contribution is -2.09. The first kappa shape index (κ1) is 17.8. The normalized spacial score (nSPS) is 13.0. The third kappa shape index (κ3) is 2.73. The zero-order valence-electron chi connectivity index (χ0n) is 16.7. The van der Waals surface area contributed by atoms with Gasteiger partial charge in [-0.3, -0.25) is 4.40 Å². The van der Waals surface area contributed by atoms with Gasteiger partial charge >= 0.3 is 0 Å². The first-order valence-corrected chi connectivity index (χ1v) is 9.99. The number of pyridine rings is 1. The number of imidazole rings is 1. The molecule has 0 amide bonds. The van der Waals surface area contributed by atoms with E-state index in [4.69, 9.17) is 4.74 Å². The molecule has 5 aromatic rings. The van der Waals surface area contributed by atoms with E-state index in [9.17, 15) is 4.39 Å². The van der Waals surface area contributed by atoms with E-state index in [0.29, 0.717) is 30.2 Å². The highest BCUT2D eigenvalue weighted by Crippen LogP contribution is 2.31. The molecule has 1 aromatic carbocycles. The predicted octanol–water partition coefficient (Wildman–Crippen LogP) is 3.43. The summed E-state index contributed by atoms with van der Waals surface area (Å²) in [4.78, 5) is 9.12. The Balaban J connectivity index is 1.40. The summed E-state index contributed by atoms with van der Waals surface area (Å²) in [7, 11) is 0. The molecule has 0 atom stereocenters. The van der Waals surface area contributed by atoms with Crippen LogP contribution in [-0.2, 0) is 13.0 Å². The van der Waals surface area contributed by atoms with Crippen molar-refractivity contribution in [2.24, 2.45) is 0 Å². The number of fused-ring (bicyclic) bond motifs is 3. The molecule has 0 unspecified atom stereocenters. The van der Waals surface area contributed by atoms with Crippen molar-refractivity contribution in [2.45, 2.75) is 19.9 Å². The van der Waals surface area contributed by atoms with Crippen LogP contribution in [-0.4, -0.2) is 35.6 Å². The number of nitrogens with zero attached hydrogens (tertiary/aromatic N) is 6. The Hall–Kier alpha value is -4.01. The van der Waals surface area contributed by atoms with Gasteiger partial charge in [-0.05, 0) is 31.2 Å². The molecule has 6 rings (SSSR count). The fraction of sp³-hybridized carbons (Fsp3) is 0.182. The number of halogens is 1. The first-order valence-electron chi connectivity index (χ1n) is 9.99. The minimum absolute atomic E-state index is 0.255. The van der Waals surface area contributed by atoms with Gasteiger partial charge in [0.2, 0.25) is 5.95 Å². The predicted molar refractivity (Wildman–Crippen MR) is 113 cm³/mol. The summed E-state index contributed by atoms with van der Waals surface area (Å²) >= 11 is 0. The molecule has 1 N–H and O–H groups in total. The van der Waals surface area contributed by atoms with Crippen molar-refractivity contribution in [2.75, 3.05) is 11.9 Å². The largest absolute Gasteiger partial charge is 0.493 e. The summed E-state index contributed by atoms with van der Waals surface area (Å²) in [6.45, 7) is 2.87. The number of hydrogen-bond donors (Lipinski definition) is 1. The van der Waals surface area contributed by atoms with Crippen molar-refractivity contribution >= 4 is 17.2 Å². The fourth-order valence-corrected chi connectivity index (χ4v) is 4.16. The van der Waals surface area contributed by atoms with Crippen molar-refractivity contribution in [3.63, 3.8) is 0 Å². The van der Waals surface area contributed by atoms with Gasteiger partial charge in [-0.15, -0.1) is 10.2 Å². The second-order valence-electron chi connectivity index (χ2n) is 7.49. The lowest BCUT2D eigenvalue weighted by atomic mass is 10.0. The summed E-state index contributed by atoms with van der Waals surface area (Å²) in [6.07, 6.45) is 7.86. The maximum atomic E-state index is 14.5. The molecule has 4 aromatic heterocycles. The van der Waals surface area contributed by atoms with E-state index >= 15 is 0 Å². The fourth-order valence-electron chi connectivity index (χ4n) is 4.16. The van der Waals surface area contributed by atoms with Gasteiger partial charge in [-0.2, -0.15) is 0 Å². The Kier molecular flexibility index (Phi) is 3.89. The molecule has 0 saturated heterocycles. The van der Waals surface area contributed by atoms with Crippen molar-refractivity contribution in [3.8, 4) is 16.9 Å². The average molecular weight is 415 g/mol. The van der Waals surface area contributed by atoms with E-state index in [-0.39, 0.29) is 12.4 Å². The number of nitrogens with one attached hydrogen (secondary N) is 1. The number of benzene rings is 1. The summed E-state index contributed by atoms with van der Waals surface area (Å²) in [5.74, 6) is 1.03. The summed E-state index contributed by atoms with van der Waals surface area (Å²) < 4.78 is 23.8. The topological polar surface area (TPSA) is 81.6 Å². The second kappa shape index (κ2) is 6.76. The number of rotatable bonds is 4. The molecule has 9 heteroatoms. The van der Waals surface area contributed by atoms with Crippen LogP contribution in [0, 0.1) is 12.7 Å². The van der Waals surface area contributed by atoms with Crippen molar-refractivity contribution < 1.29 is 9.13 Å². The van der Waals surface area contributed by atoms with E-state index in [0.717, 1.165) is 33.8 Å². The Bertz CT molecular complexity index is 1460. The molecule has 0 aliphatic carbocycles.